The van der Waals surface area contributed by atoms with Gasteiger partial charge in [-0.15, -0.1) is 0 Å². The van der Waals surface area contributed by atoms with Crippen LogP contribution >= 0.6 is 0 Å². The Labute approximate surface area is 98.1 Å². The molecule has 1 rings (SSSR count). The van der Waals surface area contributed by atoms with Crippen LogP contribution in [0.3, 0.4) is 0 Å². The Morgan fingerprint density at radius 2 is 1.39 bits per heavy atom. The fourth-order valence-electron chi connectivity index (χ4n) is 1.39. The summed E-state index contributed by atoms with van der Waals surface area (Å²) in [4.78, 5) is 0. The fourth-order valence-corrected chi connectivity index (χ4v) is 1.39. The van der Waals surface area contributed by atoms with Crippen LogP contribution in [0.25, 0.3) is 0 Å². The second-order valence-electron chi connectivity index (χ2n) is 3.25. The average molecular weight is 274 g/mol. The molecule has 0 amide bonds. The van der Waals surface area contributed by atoms with Gasteiger partial charge < -0.3 is 9.47 Å². The van der Waals surface area contributed by atoms with E-state index in [0.29, 0.717) is 0 Å². The van der Waals surface area contributed by atoms with Gasteiger partial charge in [-0.2, -0.15) is 26.3 Å². The zero-order valence-corrected chi connectivity index (χ0v) is 9.24. The van der Waals surface area contributed by atoms with Crippen molar-refractivity contribution < 1.29 is 35.8 Å². The average Bonchev–Trinajstić information content (AvgIpc) is 2.24. The minimum atomic E-state index is -5.18. The number of hydrogen-bond acceptors (Lipinski definition) is 2. The van der Waals surface area contributed by atoms with Crippen molar-refractivity contribution in [1.29, 1.82) is 0 Å². The summed E-state index contributed by atoms with van der Waals surface area (Å²) >= 11 is 0. The van der Waals surface area contributed by atoms with Crippen molar-refractivity contribution in [3.63, 3.8) is 0 Å². The van der Waals surface area contributed by atoms with Crippen molar-refractivity contribution in [1.82, 2.24) is 0 Å². The van der Waals surface area contributed by atoms with Crippen LogP contribution in [0.2, 0.25) is 0 Å². The highest BCUT2D eigenvalue weighted by Gasteiger charge is 2.46. The third kappa shape index (κ3) is 2.80. The molecule has 0 unspecified atom stereocenters. The Morgan fingerprint density at radius 3 is 1.72 bits per heavy atom. The van der Waals surface area contributed by atoms with E-state index < -0.39 is 29.2 Å². The van der Waals surface area contributed by atoms with E-state index in [2.05, 4.69) is 9.47 Å². The fraction of sp³-hybridized carbons (Fsp3) is 0.400. The predicted molar refractivity (Wildman–Crippen MR) is 49.6 cm³/mol. The monoisotopic (exact) mass is 274 g/mol. The maximum Gasteiger partial charge on any atom is 0.420 e. The number of ether oxygens (including phenoxy) is 2. The van der Waals surface area contributed by atoms with Gasteiger partial charge in [-0.25, -0.2) is 0 Å². The normalized spacial score (nSPS) is 12.4. The summed E-state index contributed by atoms with van der Waals surface area (Å²) in [6.45, 7) is 0. The number of halogens is 6. The largest absolute Gasteiger partial charge is 0.497 e. The third-order valence-electron chi connectivity index (χ3n) is 2.12. The summed E-state index contributed by atoms with van der Waals surface area (Å²) in [5.74, 6) is -1.30. The molecule has 0 atom stereocenters. The molecular formula is C10H8F6O2. The molecule has 2 nitrogen and oxygen atoms in total. The van der Waals surface area contributed by atoms with Crippen molar-refractivity contribution in [3.8, 4) is 11.5 Å². The molecule has 18 heavy (non-hydrogen) atoms. The van der Waals surface area contributed by atoms with Crippen LogP contribution in [-0.2, 0) is 12.4 Å². The quantitative estimate of drug-likeness (QED) is 0.765. The third-order valence-corrected chi connectivity index (χ3v) is 2.12. The minimum Gasteiger partial charge on any atom is -0.497 e. The lowest BCUT2D eigenvalue weighted by molar-refractivity contribution is -0.163. The topological polar surface area (TPSA) is 18.5 Å². The van der Waals surface area contributed by atoms with Crippen molar-refractivity contribution in [3.05, 3.63) is 23.3 Å². The van der Waals surface area contributed by atoms with Gasteiger partial charge in [-0.1, -0.05) is 0 Å². The van der Waals surface area contributed by atoms with E-state index in [-0.39, 0.29) is 11.8 Å². The van der Waals surface area contributed by atoms with Gasteiger partial charge in [0.25, 0.3) is 0 Å². The van der Waals surface area contributed by atoms with E-state index in [1.807, 2.05) is 0 Å². The molecule has 0 N–H and O–H groups in total. The molecule has 0 saturated heterocycles. The lowest BCUT2D eigenvalue weighted by Gasteiger charge is -2.19. The van der Waals surface area contributed by atoms with Crippen molar-refractivity contribution >= 4 is 0 Å². The summed E-state index contributed by atoms with van der Waals surface area (Å²) in [6, 6.07) is 1.03. The van der Waals surface area contributed by atoms with Gasteiger partial charge in [0, 0.05) is 6.07 Å². The van der Waals surface area contributed by atoms with Crippen LogP contribution in [0.15, 0.2) is 12.1 Å². The van der Waals surface area contributed by atoms with E-state index in [1.165, 1.54) is 0 Å². The molecule has 1 aromatic rings. The number of methoxy groups -OCH3 is 2. The first kappa shape index (κ1) is 14.5. The van der Waals surface area contributed by atoms with Gasteiger partial charge in [0.1, 0.15) is 17.1 Å². The van der Waals surface area contributed by atoms with E-state index in [1.54, 1.807) is 0 Å². The molecule has 0 fully saturated rings. The summed E-state index contributed by atoms with van der Waals surface area (Å²) in [5.41, 5.74) is -3.70. The van der Waals surface area contributed by atoms with Crippen molar-refractivity contribution in [2.45, 2.75) is 12.4 Å². The highest BCUT2D eigenvalue weighted by atomic mass is 19.4. The van der Waals surface area contributed by atoms with Crippen LogP contribution in [0, 0.1) is 0 Å². The molecule has 8 heteroatoms. The zero-order chi connectivity index (χ0) is 14.1. The molecule has 0 saturated carbocycles. The van der Waals surface area contributed by atoms with Crippen LogP contribution < -0.4 is 9.47 Å². The zero-order valence-electron chi connectivity index (χ0n) is 9.24. The molecule has 0 bridgehead atoms. The van der Waals surface area contributed by atoms with Gasteiger partial charge in [0.15, 0.2) is 0 Å². The molecule has 0 spiro atoms. The number of rotatable bonds is 2. The standard InChI is InChI=1S/C10H8F6O2/c1-17-5-3-6(9(11,12)13)8(10(14,15)16)7(4-5)18-2/h3-4H,1-2H3. The molecule has 0 aromatic heterocycles. The molecule has 0 radical (unpaired) electrons. The predicted octanol–water partition coefficient (Wildman–Crippen LogP) is 3.74. The Morgan fingerprint density at radius 1 is 0.833 bits per heavy atom. The van der Waals surface area contributed by atoms with Gasteiger partial charge in [0.2, 0.25) is 0 Å². The SMILES string of the molecule is COc1cc(OC)c(C(F)(F)F)c(C(F)(F)F)c1. The van der Waals surface area contributed by atoms with E-state index >= 15 is 0 Å². The number of alkyl halides is 6. The smallest absolute Gasteiger partial charge is 0.420 e. The first-order valence-corrected chi connectivity index (χ1v) is 4.51. The maximum absolute atomic E-state index is 12.6. The van der Waals surface area contributed by atoms with E-state index in [4.69, 9.17) is 0 Å². The Balaban J connectivity index is 3.64. The second kappa shape index (κ2) is 4.58. The lowest BCUT2D eigenvalue weighted by Crippen LogP contribution is -2.18. The Hall–Kier alpha value is -1.60. The molecule has 0 aliphatic heterocycles. The lowest BCUT2D eigenvalue weighted by atomic mass is 10.0. The van der Waals surface area contributed by atoms with Gasteiger partial charge in [-0.3, -0.25) is 0 Å². The summed E-state index contributed by atoms with van der Waals surface area (Å²) in [5, 5.41) is 0. The summed E-state index contributed by atoms with van der Waals surface area (Å²) in [7, 11) is 1.90. The highest BCUT2D eigenvalue weighted by molar-refractivity contribution is 5.49. The van der Waals surface area contributed by atoms with Gasteiger partial charge in [0.05, 0.1) is 19.8 Å². The van der Waals surface area contributed by atoms with Crippen LogP contribution in [0.1, 0.15) is 11.1 Å². The molecule has 0 aliphatic carbocycles. The minimum absolute atomic E-state index is 0.283. The van der Waals surface area contributed by atoms with Gasteiger partial charge in [-0.05, 0) is 6.07 Å². The molecular weight excluding hydrogens is 266 g/mol. The maximum atomic E-state index is 12.6. The first-order valence-electron chi connectivity index (χ1n) is 4.51. The number of hydrogen-bond donors (Lipinski definition) is 0. The Bertz CT molecular complexity index is 435. The van der Waals surface area contributed by atoms with E-state index in [0.717, 1.165) is 20.3 Å². The highest BCUT2D eigenvalue weighted by Crippen LogP contribution is 2.46. The van der Waals surface area contributed by atoms with Crippen LogP contribution in [0.5, 0.6) is 11.5 Å². The summed E-state index contributed by atoms with van der Waals surface area (Å²) < 4.78 is 84.6. The Kier molecular flexibility index (Phi) is 3.68. The van der Waals surface area contributed by atoms with Crippen LogP contribution in [-0.4, -0.2) is 14.2 Å². The number of benzene rings is 1. The molecule has 102 valence electrons. The molecule has 0 aliphatic rings. The summed E-state index contributed by atoms with van der Waals surface area (Å²) in [6.07, 6.45) is -10.3. The van der Waals surface area contributed by atoms with Crippen LogP contribution in [0.4, 0.5) is 26.3 Å². The van der Waals surface area contributed by atoms with Gasteiger partial charge >= 0.3 is 12.4 Å². The van der Waals surface area contributed by atoms with Crippen molar-refractivity contribution in [2.24, 2.45) is 0 Å². The van der Waals surface area contributed by atoms with Crippen molar-refractivity contribution in [2.75, 3.05) is 14.2 Å². The van der Waals surface area contributed by atoms with E-state index in [9.17, 15) is 26.3 Å². The molecule has 1 aromatic carbocycles. The molecule has 0 heterocycles. The second-order valence-corrected chi connectivity index (χ2v) is 3.25. The first-order chi connectivity index (χ1) is 8.11.